The molecule has 0 saturated carbocycles. The van der Waals surface area contributed by atoms with Gasteiger partial charge in [-0.05, 0) is 49.2 Å². The van der Waals surface area contributed by atoms with E-state index < -0.39 is 21.8 Å². The molecule has 2 fully saturated rings. The minimum Gasteiger partial charge on any atom is -0.493 e. The average molecular weight is 589 g/mol. The van der Waals surface area contributed by atoms with Gasteiger partial charge < -0.3 is 14.6 Å². The number of hydrogen-bond donors (Lipinski definition) is 1. The third-order valence-electron chi connectivity index (χ3n) is 7.87. The summed E-state index contributed by atoms with van der Waals surface area (Å²) in [6, 6.07) is 8.57. The van der Waals surface area contributed by atoms with Crippen LogP contribution in [-0.2, 0) is 16.2 Å². The number of piperazine rings is 1. The lowest BCUT2D eigenvalue weighted by Crippen LogP contribution is -2.51. The lowest BCUT2D eigenvalue weighted by molar-refractivity contribution is -0.137. The van der Waals surface area contributed by atoms with E-state index in [4.69, 9.17) is 4.74 Å². The van der Waals surface area contributed by atoms with Gasteiger partial charge >= 0.3 is 6.18 Å². The van der Waals surface area contributed by atoms with Gasteiger partial charge in [0.2, 0.25) is 10.0 Å². The molecular weight excluding hydrogens is 557 g/mol. The van der Waals surface area contributed by atoms with Crippen molar-refractivity contribution in [3.05, 3.63) is 60.6 Å². The van der Waals surface area contributed by atoms with Crippen LogP contribution in [0, 0.1) is 5.92 Å². The summed E-state index contributed by atoms with van der Waals surface area (Å²) in [5.41, 5.74) is 1.96. The van der Waals surface area contributed by atoms with Crippen LogP contribution >= 0.6 is 0 Å². The van der Waals surface area contributed by atoms with Crippen LogP contribution in [0.5, 0.6) is 5.75 Å². The Kier molecular flexibility index (Phi) is 7.51. The number of halogens is 3. The van der Waals surface area contributed by atoms with Crippen LogP contribution in [0.15, 0.2) is 55.0 Å². The minimum atomic E-state index is -4.40. The molecule has 1 aromatic carbocycles. The summed E-state index contributed by atoms with van der Waals surface area (Å²) >= 11 is 0. The Labute approximate surface area is 236 Å². The van der Waals surface area contributed by atoms with Crippen molar-refractivity contribution in [1.29, 1.82) is 0 Å². The summed E-state index contributed by atoms with van der Waals surface area (Å²) in [6.45, 7) is 3.64. The standard InChI is InChI=1S/C28H31F3N6O3S/c29-28(30,31)21-3-5-22(6-4-21)40-18-20-2-1-11-37(17-20)41(38,39)19-35-12-14-36(15-13-35)25-8-10-32-24-16-34-27-23(26(24)25)7-9-33-27/h3-10,16,20H,1-2,11-15,17-19H2,(H,33,34). The third kappa shape index (κ3) is 5.97. The van der Waals surface area contributed by atoms with Gasteiger partial charge in [-0.15, -0.1) is 0 Å². The molecule has 1 N–H and O–H groups in total. The van der Waals surface area contributed by atoms with Crippen molar-refractivity contribution < 1.29 is 26.3 Å². The fourth-order valence-corrected chi connectivity index (χ4v) is 7.43. The van der Waals surface area contributed by atoms with Crippen molar-refractivity contribution in [1.82, 2.24) is 24.2 Å². The Morgan fingerprint density at radius 1 is 1.00 bits per heavy atom. The molecular formula is C28H31F3N6O3S. The SMILES string of the molecule is O=S(=O)(CN1CCN(c2ccnc3cnc4[nH]ccc4c23)CC1)N1CCCC(COc2ccc(C(F)(F)F)cc2)C1. The van der Waals surface area contributed by atoms with Gasteiger partial charge in [-0.2, -0.15) is 13.2 Å². The maximum atomic E-state index is 13.4. The molecule has 9 nitrogen and oxygen atoms in total. The zero-order valence-corrected chi connectivity index (χ0v) is 23.2. The number of rotatable bonds is 7. The molecule has 0 spiro atoms. The largest absolute Gasteiger partial charge is 0.493 e. The molecule has 5 heterocycles. The van der Waals surface area contributed by atoms with Crippen LogP contribution in [0.25, 0.3) is 21.9 Å². The van der Waals surface area contributed by atoms with E-state index in [-0.39, 0.29) is 18.4 Å². The highest BCUT2D eigenvalue weighted by Crippen LogP contribution is 2.32. The first-order valence-electron chi connectivity index (χ1n) is 13.6. The van der Waals surface area contributed by atoms with Crippen molar-refractivity contribution in [3.63, 3.8) is 0 Å². The fourth-order valence-electron chi connectivity index (χ4n) is 5.70. The monoisotopic (exact) mass is 588 g/mol. The van der Waals surface area contributed by atoms with Crippen molar-refractivity contribution in [2.75, 3.05) is 56.7 Å². The summed E-state index contributed by atoms with van der Waals surface area (Å²) in [5, 5.41) is 2.05. The van der Waals surface area contributed by atoms with Crippen LogP contribution in [0.4, 0.5) is 18.9 Å². The molecule has 41 heavy (non-hydrogen) atoms. The number of aromatic nitrogens is 3. The number of benzene rings is 1. The second-order valence-corrected chi connectivity index (χ2v) is 12.6. The number of pyridine rings is 2. The van der Waals surface area contributed by atoms with E-state index in [1.54, 1.807) is 12.4 Å². The number of hydrogen-bond acceptors (Lipinski definition) is 7. The molecule has 0 bridgehead atoms. The second-order valence-electron chi connectivity index (χ2n) is 10.6. The molecule has 6 rings (SSSR count). The quantitative estimate of drug-likeness (QED) is 0.344. The highest BCUT2D eigenvalue weighted by molar-refractivity contribution is 7.89. The molecule has 4 aromatic rings. The van der Waals surface area contributed by atoms with Gasteiger partial charge in [0.05, 0.1) is 23.9 Å². The number of nitrogens with zero attached hydrogens (tertiary/aromatic N) is 5. The van der Waals surface area contributed by atoms with Crippen molar-refractivity contribution in [3.8, 4) is 5.75 Å². The van der Waals surface area contributed by atoms with Crippen molar-refractivity contribution in [2.45, 2.75) is 19.0 Å². The molecule has 2 aliphatic heterocycles. The molecule has 218 valence electrons. The summed E-state index contributed by atoms with van der Waals surface area (Å²) in [4.78, 5) is 16.3. The summed E-state index contributed by atoms with van der Waals surface area (Å²) in [7, 11) is -3.52. The smallest absolute Gasteiger partial charge is 0.416 e. The molecule has 0 radical (unpaired) electrons. The number of aromatic amines is 1. The maximum Gasteiger partial charge on any atom is 0.416 e. The van der Waals surface area contributed by atoms with E-state index in [2.05, 4.69) is 19.9 Å². The third-order valence-corrected chi connectivity index (χ3v) is 9.68. The van der Waals surface area contributed by atoms with E-state index in [0.717, 1.165) is 46.2 Å². The number of sulfonamides is 1. The van der Waals surface area contributed by atoms with Crippen LogP contribution in [0.1, 0.15) is 18.4 Å². The molecule has 2 aliphatic rings. The van der Waals surface area contributed by atoms with E-state index >= 15 is 0 Å². The lowest BCUT2D eigenvalue weighted by atomic mass is 10.0. The number of anilines is 1. The van der Waals surface area contributed by atoms with Crippen LogP contribution in [0.3, 0.4) is 0 Å². The molecule has 0 amide bonds. The Bertz CT molecular complexity index is 1620. The predicted octanol–water partition coefficient (Wildman–Crippen LogP) is 4.33. The van der Waals surface area contributed by atoms with Crippen LogP contribution in [-0.4, -0.2) is 84.3 Å². The zero-order chi connectivity index (χ0) is 28.6. The number of fused-ring (bicyclic) bond motifs is 3. The number of ether oxygens (including phenoxy) is 1. The Morgan fingerprint density at radius 2 is 1.78 bits per heavy atom. The van der Waals surface area contributed by atoms with Gasteiger partial charge in [0, 0.05) is 74.0 Å². The summed E-state index contributed by atoms with van der Waals surface area (Å²) < 4.78 is 72.4. The fraction of sp³-hybridized carbons (Fsp3) is 0.429. The van der Waals surface area contributed by atoms with E-state index in [0.29, 0.717) is 51.4 Å². The Hall–Kier alpha value is -3.42. The minimum absolute atomic E-state index is 0.0302. The number of piperidine rings is 1. The van der Waals surface area contributed by atoms with Gasteiger partial charge in [-0.25, -0.2) is 17.7 Å². The molecule has 1 atom stereocenters. The number of nitrogens with one attached hydrogen (secondary N) is 1. The Morgan fingerprint density at radius 3 is 2.54 bits per heavy atom. The normalized spacial score (nSPS) is 19.7. The molecule has 13 heteroatoms. The molecule has 1 unspecified atom stereocenters. The number of H-pyrrole nitrogens is 1. The van der Waals surface area contributed by atoms with Crippen LogP contribution < -0.4 is 9.64 Å². The van der Waals surface area contributed by atoms with Crippen LogP contribution in [0.2, 0.25) is 0 Å². The van der Waals surface area contributed by atoms with Crippen molar-refractivity contribution in [2.24, 2.45) is 5.92 Å². The first kappa shape index (κ1) is 27.7. The van der Waals surface area contributed by atoms with Gasteiger partial charge in [0.15, 0.2) is 0 Å². The first-order valence-corrected chi connectivity index (χ1v) is 15.2. The highest BCUT2D eigenvalue weighted by atomic mass is 32.2. The second kappa shape index (κ2) is 11.1. The highest BCUT2D eigenvalue weighted by Gasteiger charge is 2.33. The van der Waals surface area contributed by atoms with Gasteiger partial charge in [0.1, 0.15) is 17.3 Å². The lowest BCUT2D eigenvalue weighted by Gasteiger charge is -2.38. The van der Waals surface area contributed by atoms with E-state index in [1.165, 1.54) is 16.4 Å². The predicted molar refractivity (Wildman–Crippen MR) is 150 cm³/mol. The Balaban J connectivity index is 1.04. The average Bonchev–Trinajstić information content (AvgIpc) is 3.45. The summed E-state index contributed by atoms with van der Waals surface area (Å²) in [6.07, 6.45) is 2.52. The van der Waals surface area contributed by atoms with Gasteiger partial charge in [0.25, 0.3) is 0 Å². The topological polar surface area (TPSA) is 94.7 Å². The number of alkyl halides is 3. The zero-order valence-electron chi connectivity index (χ0n) is 22.3. The van der Waals surface area contributed by atoms with Gasteiger partial charge in [-0.3, -0.25) is 9.88 Å². The maximum absolute atomic E-state index is 13.4. The van der Waals surface area contributed by atoms with E-state index in [9.17, 15) is 21.6 Å². The molecule has 0 aliphatic carbocycles. The summed E-state index contributed by atoms with van der Waals surface area (Å²) in [5.74, 6) is 0.264. The molecule has 3 aromatic heterocycles. The first-order chi connectivity index (χ1) is 19.7. The molecule has 2 saturated heterocycles. The van der Waals surface area contributed by atoms with Gasteiger partial charge in [-0.1, -0.05) is 0 Å². The van der Waals surface area contributed by atoms with E-state index in [1.807, 2.05) is 23.2 Å². The van der Waals surface area contributed by atoms with Crippen molar-refractivity contribution >= 4 is 37.6 Å².